The van der Waals surface area contributed by atoms with Crippen LogP contribution in [0.25, 0.3) is 0 Å². The van der Waals surface area contributed by atoms with Crippen molar-refractivity contribution in [1.29, 1.82) is 0 Å². The molecule has 0 unspecified atom stereocenters. The van der Waals surface area contributed by atoms with Gasteiger partial charge in [0.25, 0.3) is 17.2 Å². The second-order valence-corrected chi connectivity index (χ2v) is 4.48. The molecule has 0 N–H and O–H groups in total. The zero-order valence-corrected chi connectivity index (χ0v) is 10.2. The highest BCUT2D eigenvalue weighted by atomic mass is 19.1. The first-order valence-corrected chi connectivity index (χ1v) is 5.84. The number of rotatable bonds is 1. The Balaban J connectivity index is 2.25. The number of halogens is 1. The fourth-order valence-corrected chi connectivity index (χ4v) is 2.28. The van der Waals surface area contributed by atoms with Crippen LogP contribution in [0.4, 0.5) is 10.1 Å². The van der Waals surface area contributed by atoms with E-state index in [1.54, 1.807) is 18.2 Å². The Morgan fingerprint density at radius 1 is 1.16 bits per heavy atom. The van der Waals surface area contributed by atoms with Gasteiger partial charge in [0.1, 0.15) is 5.56 Å². The highest BCUT2D eigenvalue weighted by Crippen LogP contribution is 2.30. The maximum absolute atomic E-state index is 13.7. The second kappa shape index (κ2) is 4.02. The smallest absolute Gasteiger partial charge is 0.273 e. The minimum absolute atomic E-state index is 0.0243. The highest BCUT2D eigenvalue weighted by Gasteiger charge is 2.38. The molecule has 0 aliphatic carbocycles. The molecule has 2 aromatic carbocycles. The Kier molecular flexibility index (Phi) is 2.45. The van der Waals surface area contributed by atoms with Crippen LogP contribution in [0.1, 0.15) is 21.5 Å². The van der Waals surface area contributed by atoms with Gasteiger partial charge in [-0.05, 0) is 31.2 Å². The Bertz CT molecular complexity index is 735. The molecule has 1 aliphatic rings. The topological polar surface area (TPSA) is 43.1 Å². The summed E-state index contributed by atoms with van der Waals surface area (Å²) in [5.74, 6) is -1.11. The standard InChI is InChI=1S/C15H10FNO2/c1-9-4-2-5-10(8-9)13-15(18)11-6-3-7-12(16)14(11)17(13)19/h2-8H,1H3. The quantitative estimate of drug-likeness (QED) is 0.580. The van der Waals surface area contributed by atoms with E-state index < -0.39 is 11.6 Å². The number of carbonyl (C=O) groups excluding carboxylic acids is 1. The van der Waals surface area contributed by atoms with Gasteiger partial charge in [-0.25, -0.2) is 0 Å². The second-order valence-electron chi connectivity index (χ2n) is 4.48. The largest absolute Gasteiger partial charge is 0.618 e. The number of hydrogen-bond donors (Lipinski definition) is 0. The van der Waals surface area contributed by atoms with Crippen molar-refractivity contribution >= 4 is 17.2 Å². The third-order valence-corrected chi connectivity index (χ3v) is 3.14. The van der Waals surface area contributed by atoms with E-state index in [1.807, 2.05) is 13.0 Å². The molecule has 0 saturated heterocycles. The fourth-order valence-electron chi connectivity index (χ4n) is 2.28. The van der Waals surface area contributed by atoms with Crippen LogP contribution in [0, 0.1) is 17.9 Å². The van der Waals surface area contributed by atoms with E-state index in [9.17, 15) is 14.4 Å². The summed E-state index contributed by atoms with van der Waals surface area (Å²) in [4.78, 5) is 12.2. The lowest BCUT2D eigenvalue weighted by molar-refractivity contribution is -0.358. The summed E-state index contributed by atoms with van der Waals surface area (Å²) in [5.41, 5.74) is 1.34. The predicted octanol–water partition coefficient (Wildman–Crippen LogP) is 2.96. The van der Waals surface area contributed by atoms with E-state index in [2.05, 4.69) is 0 Å². The molecule has 0 spiro atoms. The number of nitrogens with zero attached hydrogens (tertiary/aromatic N) is 1. The first-order valence-electron chi connectivity index (χ1n) is 5.84. The van der Waals surface area contributed by atoms with Gasteiger partial charge in [-0.15, -0.1) is 0 Å². The summed E-state index contributed by atoms with van der Waals surface area (Å²) >= 11 is 0. The summed E-state index contributed by atoms with van der Waals surface area (Å²) in [6.45, 7) is 1.87. The van der Waals surface area contributed by atoms with Gasteiger partial charge >= 0.3 is 0 Å². The molecule has 3 rings (SSSR count). The molecule has 0 atom stereocenters. The molecule has 0 aromatic heterocycles. The lowest BCUT2D eigenvalue weighted by Crippen LogP contribution is -2.16. The number of fused-ring (bicyclic) bond motifs is 1. The van der Waals surface area contributed by atoms with Crippen molar-refractivity contribution in [2.45, 2.75) is 6.92 Å². The molecule has 1 aliphatic heterocycles. The number of aryl methyl sites for hydroxylation is 1. The van der Waals surface area contributed by atoms with Gasteiger partial charge in [-0.1, -0.05) is 23.8 Å². The van der Waals surface area contributed by atoms with Crippen LogP contribution in [0.15, 0.2) is 42.5 Å². The van der Waals surface area contributed by atoms with E-state index in [0.717, 1.165) is 5.56 Å². The predicted molar refractivity (Wildman–Crippen MR) is 69.3 cm³/mol. The Hall–Kier alpha value is -2.49. The maximum atomic E-state index is 13.7. The van der Waals surface area contributed by atoms with Crippen molar-refractivity contribution in [2.24, 2.45) is 0 Å². The number of hydrogen-bond acceptors (Lipinski definition) is 2. The number of carbonyl (C=O) groups is 1. The highest BCUT2D eigenvalue weighted by molar-refractivity contribution is 6.52. The van der Waals surface area contributed by atoms with Crippen molar-refractivity contribution in [1.82, 2.24) is 0 Å². The molecule has 0 fully saturated rings. The van der Waals surface area contributed by atoms with Crippen molar-refractivity contribution in [3.63, 3.8) is 0 Å². The van der Waals surface area contributed by atoms with Crippen LogP contribution in [-0.4, -0.2) is 16.2 Å². The molecule has 94 valence electrons. The van der Waals surface area contributed by atoms with Crippen LogP contribution in [0.2, 0.25) is 0 Å². The number of para-hydroxylation sites is 1. The average Bonchev–Trinajstić information content (AvgIpc) is 2.63. The van der Waals surface area contributed by atoms with E-state index in [1.165, 1.54) is 18.2 Å². The molecule has 2 aromatic rings. The van der Waals surface area contributed by atoms with E-state index in [4.69, 9.17) is 0 Å². The summed E-state index contributed by atoms with van der Waals surface area (Å²) in [5, 5.41) is 12.2. The zero-order valence-electron chi connectivity index (χ0n) is 10.2. The number of benzene rings is 2. The molecule has 19 heavy (non-hydrogen) atoms. The molecule has 0 bridgehead atoms. The van der Waals surface area contributed by atoms with Gasteiger partial charge < -0.3 is 5.21 Å². The van der Waals surface area contributed by atoms with Gasteiger partial charge in [-0.2, -0.15) is 9.13 Å². The van der Waals surface area contributed by atoms with Crippen LogP contribution in [-0.2, 0) is 0 Å². The summed E-state index contributed by atoms with van der Waals surface area (Å²) in [6.07, 6.45) is 0. The molecular formula is C15H10FNO2. The molecule has 0 amide bonds. The van der Waals surface area contributed by atoms with E-state index >= 15 is 0 Å². The Morgan fingerprint density at radius 3 is 2.58 bits per heavy atom. The van der Waals surface area contributed by atoms with E-state index in [0.29, 0.717) is 10.3 Å². The normalized spacial score (nSPS) is 13.9. The van der Waals surface area contributed by atoms with Crippen LogP contribution < -0.4 is 0 Å². The average molecular weight is 255 g/mol. The van der Waals surface area contributed by atoms with Crippen LogP contribution in [0.5, 0.6) is 0 Å². The minimum Gasteiger partial charge on any atom is -0.618 e. The molecular weight excluding hydrogens is 245 g/mol. The zero-order chi connectivity index (χ0) is 13.6. The Morgan fingerprint density at radius 2 is 1.89 bits per heavy atom. The molecule has 0 saturated carbocycles. The third-order valence-electron chi connectivity index (χ3n) is 3.14. The van der Waals surface area contributed by atoms with Gasteiger partial charge in [0.05, 0.1) is 5.56 Å². The van der Waals surface area contributed by atoms with Crippen molar-refractivity contribution in [3.05, 3.63) is 70.2 Å². The molecule has 1 heterocycles. The Labute approximate surface area is 109 Å². The molecule has 4 heteroatoms. The minimum atomic E-state index is -0.677. The van der Waals surface area contributed by atoms with Crippen molar-refractivity contribution in [2.75, 3.05) is 0 Å². The number of ketones is 1. The summed E-state index contributed by atoms with van der Waals surface area (Å²) in [6, 6.07) is 11.1. The van der Waals surface area contributed by atoms with Crippen LogP contribution >= 0.6 is 0 Å². The molecule has 0 radical (unpaired) electrons. The van der Waals surface area contributed by atoms with Crippen LogP contribution in [0.3, 0.4) is 0 Å². The van der Waals surface area contributed by atoms with E-state index in [-0.39, 0.29) is 17.0 Å². The maximum Gasteiger partial charge on any atom is 0.273 e. The monoisotopic (exact) mass is 255 g/mol. The number of Topliss-reactive ketones (excluding diaryl/α,β-unsaturated/α-hetero) is 1. The first-order chi connectivity index (χ1) is 9.09. The van der Waals surface area contributed by atoms with Gasteiger partial charge in [0, 0.05) is 0 Å². The van der Waals surface area contributed by atoms with Gasteiger partial charge in [0.2, 0.25) is 0 Å². The fraction of sp³-hybridized carbons (Fsp3) is 0.0667. The van der Waals surface area contributed by atoms with Crippen molar-refractivity contribution in [3.8, 4) is 0 Å². The SMILES string of the molecule is Cc1cccc(C2=[N+]([O-])c3c(F)cccc3C2=O)c1. The summed E-state index contributed by atoms with van der Waals surface area (Å²) in [7, 11) is 0. The van der Waals surface area contributed by atoms with Gasteiger partial charge in [-0.3, -0.25) is 4.79 Å². The summed E-state index contributed by atoms with van der Waals surface area (Å²) < 4.78 is 14.1. The lowest BCUT2D eigenvalue weighted by atomic mass is 10.0. The molecule has 3 nitrogen and oxygen atoms in total. The van der Waals surface area contributed by atoms with Gasteiger partial charge in [0.15, 0.2) is 5.82 Å². The van der Waals surface area contributed by atoms with Crippen molar-refractivity contribution < 1.29 is 13.9 Å². The lowest BCUT2D eigenvalue weighted by Gasteiger charge is -2.03. The third kappa shape index (κ3) is 1.64. The first kappa shape index (κ1) is 11.6.